The Labute approximate surface area is 106 Å². The lowest BCUT2D eigenvalue weighted by atomic mass is 10.1. The van der Waals surface area contributed by atoms with E-state index in [1.807, 2.05) is 6.92 Å². The molecule has 1 atom stereocenters. The van der Waals surface area contributed by atoms with Gasteiger partial charge in [-0.15, -0.1) is 0 Å². The summed E-state index contributed by atoms with van der Waals surface area (Å²) < 4.78 is 18.6. The Bertz CT molecular complexity index is 410. The van der Waals surface area contributed by atoms with Gasteiger partial charge in [-0.3, -0.25) is 4.79 Å². The monoisotopic (exact) mass is 254 g/mol. The van der Waals surface area contributed by atoms with Gasteiger partial charge in [-0.1, -0.05) is 13.0 Å². The van der Waals surface area contributed by atoms with Crippen LogP contribution in [0.25, 0.3) is 0 Å². The number of amides is 1. The molecule has 0 aromatic heterocycles. The van der Waals surface area contributed by atoms with Crippen LogP contribution in [0.1, 0.15) is 31.9 Å². The summed E-state index contributed by atoms with van der Waals surface area (Å²) in [6, 6.07) is 4.76. The molecule has 1 unspecified atom stereocenters. The smallest absolute Gasteiger partial charge is 0.255 e. The van der Waals surface area contributed by atoms with Gasteiger partial charge in [0.1, 0.15) is 0 Å². The average molecular weight is 254 g/mol. The first kappa shape index (κ1) is 14.4. The molecule has 1 amide bonds. The third-order valence-corrected chi connectivity index (χ3v) is 2.53. The van der Waals surface area contributed by atoms with Crippen LogP contribution in [0.3, 0.4) is 0 Å². The Balaban J connectivity index is 2.69. The zero-order valence-electron chi connectivity index (χ0n) is 10.7. The molecular weight excluding hydrogens is 235 g/mol. The van der Waals surface area contributed by atoms with E-state index in [1.54, 1.807) is 6.07 Å². The summed E-state index contributed by atoms with van der Waals surface area (Å²) >= 11 is 0. The molecule has 0 heterocycles. The summed E-state index contributed by atoms with van der Waals surface area (Å²) in [7, 11) is 0. The molecule has 0 saturated carbocycles. The van der Waals surface area contributed by atoms with Crippen molar-refractivity contribution in [3.05, 3.63) is 29.6 Å². The molecule has 5 heteroatoms. The predicted molar refractivity (Wildman–Crippen MR) is 67.8 cm³/mol. The van der Waals surface area contributed by atoms with E-state index in [9.17, 15) is 9.18 Å². The van der Waals surface area contributed by atoms with Gasteiger partial charge in [0.2, 0.25) is 0 Å². The van der Waals surface area contributed by atoms with Crippen LogP contribution in [0.4, 0.5) is 4.39 Å². The number of hydrogen-bond donors (Lipinski definition) is 2. The second-order valence-electron chi connectivity index (χ2n) is 4.12. The largest absolute Gasteiger partial charge is 0.481 e. The van der Waals surface area contributed by atoms with Crippen molar-refractivity contribution in [1.82, 2.24) is 5.32 Å². The van der Waals surface area contributed by atoms with Crippen molar-refractivity contribution in [1.29, 1.82) is 0 Å². The molecule has 100 valence electrons. The van der Waals surface area contributed by atoms with Crippen molar-refractivity contribution in [3.63, 3.8) is 0 Å². The SMILES string of the molecule is CCCNC(C)c1ccc(OCC(N)=O)c(F)c1. The summed E-state index contributed by atoms with van der Waals surface area (Å²) in [6.45, 7) is 4.60. The zero-order chi connectivity index (χ0) is 13.5. The van der Waals surface area contributed by atoms with Crippen molar-refractivity contribution >= 4 is 5.91 Å². The number of rotatable bonds is 7. The van der Waals surface area contributed by atoms with Gasteiger partial charge in [0.25, 0.3) is 5.91 Å². The Morgan fingerprint density at radius 2 is 2.28 bits per heavy atom. The molecule has 4 nitrogen and oxygen atoms in total. The highest BCUT2D eigenvalue weighted by Crippen LogP contribution is 2.22. The van der Waals surface area contributed by atoms with Crippen LogP contribution in [-0.4, -0.2) is 19.1 Å². The Morgan fingerprint density at radius 3 is 2.83 bits per heavy atom. The van der Waals surface area contributed by atoms with Gasteiger partial charge in [-0.05, 0) is 37.6 Å². The van der Waals surface area contributed by atoms with Crippen LogP contribution >= 0.6 is 0 Å². The maximum absolute atomic E-state index is 13.7. The van der Waals surface area contributed by atoms with Crippen molar-refractivity contribution < 1.29 is 13.9 Å². The Kier molecular flexibility index (Phi) is 5.58. The molecule has 0 spiro atoms. The lowest BCUT2D eigenvalue weighted by Gasteiger charge is -2.14. The van der Waals surface area contributed by atoms with Gasteiger partial charge in [0.15, 0.2) is 18.2 Å². The lowest BCUT2D eigenvalue weighted by Crippen LogP contribution is -2.21. The number of benzene rings is 1. The first-order valence-corrected chi connectivity index (χ1v) is 5.98. The van der Waals surface area contributed by atoms with Crippen LogP contribution < -0.4 is 15.8 Å². The molecule has 0 saturated heterocycles. The third-order valence-electron chi connectivity index (χ3n) is 2.53. The fourth-order valence-electron chi connectivity index (χ4n) is 1.53. The minimum Gasteiger partial charge on any atom is -0.481 e. The van der Waals surface area contributed by atoms with Crippen LogP contribution in [0.2, 0.25) is 0 Å². The number of primary amides is 1. The Morgan fingerprint density at radius 1 is 1.56 bits per heavy atom. The minimum atomic E-state index is -0.628. The van der Waals surface area contributed by atoms with Crippen LogP contribution in [0.5, 0.6) is 5.75 Å². The minimum absolute atomic E-state index is 0.0419. The standard InChI is InChI=1S/C13H19FN2O2/c1-3-6-16-9(2)10-4-5-12(11(14)7-10)18-8-13(15)17/h4-5,7,9,16H,3,6,8H2,1-2H3,(H2,15,17). The van der Waals surface area contributed by atoms with Gasteiger partial charge < -0.3 is 15.8 Å². The van der Waals surface area contributed by atoms with E-state index in [0.717, 1.165) is 18.5 Å². The molecule has 1 aromatic carbocycles. The van der Waals surface area contributed by atoms with E-state index in [0.29, 0.717) is 0 Å². The van der Waals surface area contributed by atoms with E-state index in [-0.39, 0.29) is 18.4 Å². The van der Waals surface area contributed by atoms with Crippen LogP contribution in [0, 0.1) is 5.82 Å². The lowest BCUT2D eigenvalue weighted by molar-refractivity contribution is -0.120. The molecule has 0 bridgehead atoms. The molecule has 1 rings (SSSR count). The van der Waals surface area contributed by atoms with Gasteiger partial charge in [0.05, 0.1) is 0 Å². The first-order chi connectivity index (χ1) is 8.54. The Hall–Kier alpha value is -1.62. The van der Waals surface area contributed by atoms with E-state index < -0.39 is 11.7 Å². The molecule has 0 radical (unpaired) electrons. The van der Waals surface area contributed by atoms with Gasteiger partial charge in [-0.25, -0.2) is 4.39 Å². The number of carbonyl (C=O) groups is 1. The number of halogens is 1. The maximum Gasteiger partial charge on any atom is 0.255 e. The van der Waals surface area contributed by atoms with E-state index in [4.69, 9.17) is 10.5 Å². The van der Waals surface area contributed by atoms with Gasteiger partial charge in [-0.2, -0.15) is 0 Å². The zero-order valence-corrected chi connectivity index (χ0v) is 10.7. The molecule has 0 aliphatic heterocycles. The van der Waals surface area contributed by atoms with Crippen molar-refractivity contribution in [3.8, 4) is 5.75 Å². The van der Waals surface area contributed by atoms with Crippen LogP contribution in [-0.2, 0) is 4.79 Å². The predicted octanol–water partition coefficient (Wildman–Crippen LogP) is 1.75. The topological polar surface area (TPSA) is 64.3 Å². The highest BCUT2D eigenvalue weighted by molar-refractivity contribution is 5.75. The first-order valence-electron chi connectivity index (χ1n) is 5.98. The van der Waals surface area contributed by atoms with Gasteiger partial charge >= 0.3 is 0 Å². The highest BCUT2D eigenvalue weighted by Gasteiger charge is 2.10. The molecule has 0 aliphatic carbocycles. The molecular formula is C13H19FN2O2. The second kappa shape index (κ2) is 6.96. The van der Waals surface area contributed by atoms with E-state index in [1.165, 1.54) is 12.1 Å². The molecule has 1 aromatic rings. The summed E-state index contributed by atoms with van der Waals surface area (Å²) in [5, 5.41) is 3.26. The normalized spacial score (nSPS) is 12.2. The molecule has 0 fully saturated rings. The number of carbonyl (C=O) groups excluding carboxylic acids is 1. The summed E-state index contributed by atoms with van der Waals surface area (Å²) in [5.41, 5.74) is 5.77. The molecule has 0 aliphatic rings. The van der Waals surface area contributed by atoms with E-state index >= 15 is 0 Å². The third kappa shape index (κ3) is 4.33. The average Bonchev–Trinajstić information content (AvgIpc) is 2.34. The van der Waals surface area contributed by atoms with Crippen molar-refractivity contribution in [2.24, 2.45) is 5.73 Å². The van der Waals surface area contributed by atoms with Crippen molar-refractivity contribution in [2.75, 3.05) is 13.2 Å². The van der Waals surface area contributed by atoms with Crippen LogP contribution in [0.15, 0.2) is 18.2 Å². The fraction of sp³-hybridized carbons (Fsp3) is 0.462. The highest BCUT2D eigenvalue weighted by atomic mass is 19.1. The molecule has 3 N–H and O–H groups in total. The number of nitrogens with one attached hydrogen (secondary N) is 1. The number of hydrogen-bond acceptors (Lipinski definition) is 3. The maximum atomic E-state index is 13.7. The molecule has 18 heavy (non-hydrogen) atoms. The summed E-state index contributed by atoms with van der Waals surface area (Å²) in [6.07, 6.45) is 1.02. The van der Waals surface area contributed by atoms with Gasteiger partial charge in [0, 0.05) is 6.04 Å². The van der Waals surface area contributed by atoms with Crippen molar-refractivity contribution in [2.45, 2.75) is 26.3 Å². The summed E-state index contributed by atoms with van der Waals surface area (Å²) in [5.74, 6) is -1.07. The fourth-order valence-corrected chi connectivity index (χ4v) is 1.53. The summed E-state index contributed by atoms with van der Waals surface area (Å²) in [4.78, 5) is 10.5. The number of ether oxygens (including phenoxy) is 1. The second-order valence-corrected chi connectivity index (χ2v) is 4.12. The van der Waals surface area contributed by atoms with E-state index in [2.05, 4.69) is 12.2 Å². The number of nitrogens with two attached hydrogens (primary N) is 1. The quantitative estimate of drug-likeness (QED) is 0.779.